The van der Waals surface area contributed by atoms with Crippen molar-refractivity contribution in [3.63, 3.8) is 0 Å². The number of nitrogens with zero attached hydrogens (tertiary/aromatic N) is 2. The van der Waals surface area contributed by atoms with Crippen molar-refractivity contribution in [3.8, 4) is 0 Å². The predicted molar refractivity (Wildman–Crippen MR) is 67.0 cm³/mol. The lowest BCUT2D eigenvalue weighted by molar-refractivity contribution is 0.0787. The highest BCUT2D eigenvalue weighted by atomic mass is 16.6. The second-order valence-corrected chi connectivity index (χ2v) is 5.24. The fraction of sp³-hybridized carbons (Fsp3) is 0.923. The van der Waals surface area contributed by atoms with Crippen molar-refractivity contribution in [2.75, 3.05) is 33.3 Å². The monoisotopic (exact) mass is 240 g/mol. The van der Waals surface area contributed by atoms with Gasteiger partial charge in [0.05, 0.1) is 6.61 Å². The second kappa shape index (κ2) is 5.71. The summed E-state index contributed by atoms with van der Waals surface area (Å²) in [6.45, 7) is 5.57. The van der Waals surface area contributed by atoms with Crippen molar-refractivity contribution >= 4 is 6.09 Å². The van der Waals surface area contributed by atoms with Gasteiger partial charge in [0.25, 0.3) is 0 Å². The van der Waals surface area contributed by atoms with E-state index in [1.165, 1.54) is 12.8 Å². The first-order valence-corrected chi connectivity index (χ1v) is 6.84. The molecular weight excluding hydrogens is 216 g/mol. The lowest BCUT2D eigenvalue weighted by Crippen LogP contribution is -2.44. The third-order valence-corrected chi connectivity index (χ3v) is 4.11. The molecule has 0 N–H and O–H groups in total. The molecule has 2 heterocycles. The van der Waals surface area contributed by atoms with Crippen molar-refractivity contribution in [2.24, 2.45) is 5.92 Å². The molecule has 0 aliphatic carbocycles. The average Bonchev–Trinajstić information content (AvgIpc) is 2.79. The van der Waals surface area contributed by atoms with Gasteiger partial charge in [-0.3, -0.25) is 0 Å². The molecule has 17 heavy (non-hydrogen) atoms. The summed E-state index contributed by atoms with van der Waals surface area (Å²) in [6, 6.07) is 0.433. The maximum absolute atomic E-state index is 11.9. The van der Waals surface area contributed by atoms with Crippen LogP contribution in [0.25, 0.3) is 0 Å². The van der Waals surface area contributed by atoms with E-state index in [2.05, 4.69) is 11.9 Å². The van der Waals surface area contributed by atoms with Crippen LogP contribution in [0.15, 0.2) is 0 Å². The van der Waals surface area contributed by atoms with Crippen LogP contribution in [0.3, 0.4) is 0 Å². The number of ether oxygens (including phenoxy) is 1. The molecule has 2 rings (SSSR count). The van der Waals surface area contributed by atoms with Crippen molar-refractivity contribution < 1.29 is 9.53 Å². The van der Waals surface area contributed by atoms with Crippen LogP contribution in [0.4, 0.5) is 4.79 Å². The summed E-state index contributed by atoms with van der Waals surface area (Å²) in [7, 11) is 2.17. The standard InChI is InChI=1S/C13H24N2O2/c1-3-17-13(16)15-8-4-5-12(15)11-6-9-14(2)10-7-11/h11-12H,3-10H2,1-2H3. The molecule has 0 spiro atoms. The van der Waals surface area contributed by atoms with Gasteiger partial charge in [0.15, 0.2) is 0 Å². The van der Waals surface area contributed by atoms with Crippen LogP contribution in [-0.4, -0.2) is 55.2 Å². The Labute approximate surface area is 104 Å². The predicted octanol–water partition coefficient (Wildman–Crippen LogP) is 1.95. The Morgan fingerprint density at radius 3 is 2.59 bits per heavy atom. The largest absolute Gasteiger partial charge is 0.450 e. The third-order valence-electron chi connectivity index (χ3n) is 4.11. The first-order chi connectivity index (χ1) is 8.22. The van der Waals surface area contributed by atoms with E-state index in [-0.39, 0.29) is 6.09 Å². The van der Waals surface area contributed by atoms with E-state index >= 15 is 0 Å². The zero-order valence-corrected chi connectivity index (χ0v) is 11.0. The van der Waals surface area contributed by atoms with Gasteiger partial charge in [-0.2, -0.15) is 0 Å². The zero-order valence-electron chi connectivity index (χ0n) is 11.0. The molecule has 0 bridgehead atoms. The van der Waals surface area contributed by atoms with Crippen LogP contribution >= 0.6 is 0 Å². The first-order valence-electron chi connectivity index (χ1n) is 6.84. The van der Waals surface area contributed by atoms with Crippen molar-refractivity contribution in [1.29, 1.82) is 0 Å². The molecule has 0 radical (unpaired) electrons. The quantitative estimate of drug-likeness (QED) is 0.739. The molecule has 4 nitrogen and oxygen atoms in total. The molecule has 0 aromatic carbocycles. The number of likely N-dealkylation sites (tertiary alicyclic amines) is 2. The SMILES string of the molecule is CCOC(=O)N1CCCC1C1CCN(C)CC1. The van der Waals surface area contributed by atoms with Crippen LogP contribution in [0.2, 0.25) is 0 Å². The van der Waals surface area contributed by atoms with E-state index in [9.17, 15) is 4.79 Å². The van der Waals surface area contributed by atoms with E-state index in [0.717, 1.165) is 32.5 Å². The molecule has 1 unspecified atom stereocenters. The number of carbonyl (C=O) groups is 1. The highest BCUT2D eigenvalue weighted by molar-refractivity contribution is 5.68. The van der Waals surface area contributed by atoms with E-state index in [0.29, 0.717) is 18.6 Å². The molecule has 98 valence electrons. The fourth-order valence-electron chi connectivity index (χ4n) is 3.13. The Hall–Kier alpha value is -0.770. The number of carbonyl (C=O) groups excluding carboxylic acids is 1. The number of piperidine rings is 1. The van der Waals surface area contributed by atoms with Gasteiger partial charge < -0.3 is 14.5 Å². The van der Waals surface area contributed by atoms with Gasteiger partial charge in [0.2, 0.25) is 0 Å². The molecule has 1 amide bonds. The third kappa shape index (κ3) is 2.92. The minimum atomic E-state index is -0.103. The summed E-state index contributed by atoms with van der Waals surface area (Å²) in [5.41, 5.74) is 0. The highest BCUT2D eigenvalue weighted by Crippen LogP contribution is 2.31. The van der Waals surface area contributed by atoms with E-state index in [1.807, 2.05) is 11.8 Å². The van der Waals surface area contributed by atoms with E-state index in [1.54, 1.807) is 0 Å². The van der Waals surface area contributed by atoms with Gasteiger partial charge in [-0.1, -0.05) is 0 Å². The number of amides is 1. The van der Waals surface area contributed by atoms with Gasteiger partial charge in [0.1, 0.15) is 0 Å². The van der Waals surface area contributed by atoms with Gasteiger partial charge in [0, 0.05) is 12.6 Å². The Morgan fingerprint density at radius 2 is 1.94 bits per heavy atom. The molecule has 1 atom stereocenters. The number of hydrogen-bond acceptors (Lipinski definition) is 3. The van der Waals surface area contributed by atoms with Crippen LogP contribution in [-0.2, 0) is 4.74 Å². The second-order valence-electron chi connectivity index (χ2n) is 5.24. The lowest BCUT2D eigenvalue weighted by atomic mass is 9.88. The number of hydrogen-bond donors (Lipinski definition) is 0. The minimum Gasteiger partial charge on any atom is -0.450 e. The van der Waals surface area contributed by atoms with Gasteiger partial charge in [-0.25, -0.2) is 4.79 Å². The first kappa shape index (κ1) is 12.7. The van der Waals surface area contributed by atoms with Gasteiger partial charge in [-0.05, 0) is 58.7 Å². The van der Waals surface area contributed by atoms with Crippen LogP contribution in [0, 0.1) is 5.92 Å². The summed E-state index contributed by atoms with van der Waals surface area (Å²) >= 11 is 0. The molecule has 0 saturated carbocycles. The normalized spacial score (nSPS) is 27.4. The fourth-order valence-corrected chi connectivity index (χ4v) is 3.13. The van der Waals surface area contributed by atoms with Crippen molar-refractivity contribution in [3.05, 3.63) is 0 Å². The molecule has 4 heteroatoms. The molecule has 2 aliphatic rings. The molecular formula is C13H24N2O2. The summed E-state index contributed by atoms with van der Waals surface area (Å²) in [5.74, 6) is 0.679. The van der Waals surface area contributed by atoms with E-state index < -0.39 is 0 Å². The Morgan fingerprint density at radius 1 is 1.24 bits per heavy atom. The molecule has 0 aromatic heterocycles. The summed E-state index contributed by atoms with van der Waals surface area (Å²) < 4.78 is 5.14. The van der Waals surface area contributed by atoms with Crippen molar-refractivity contribution in [1.82, 2.24) is 9.80 Å². The van der Waals surface area contributed by atoms with Crippen LogP contribution in [0.5, 0.6) is 0 Å². The van der Waals surface area contributed by atoms with Gasteiger partial charge in [-0.15, -0.1) is 0 Å². The number of rotatable bonds is 2. The maximum Gasteiger partial charge on any atom is 0.410 e. The van der Waals surface area contributed by atoms with Crippen LogP contribution < -0.4 is 0 Å². The lowest BCUT2D eigenvalue weighted by Gasteiger charge is -2.36. The van der Waals surface area contributed by atoms with E-state index in [4.69, 9.17) is 4.74 Å². The highest BCUT2D eigenvalue weighted by Gasteiger charge is 2.36. The summed E-state index contributed by atoms with van der Waals surface area (Å²) in [4.78, 5) is 16.2. The zero-order chi connectivity index (χ0) is 12.3. The topological polar surface area (TPSA) is 32.8 Å². The van der Waals surface area contributed by atoms with Gasteiger partial charge >= 0.3 is 6.09 Å². The molecule has 0 aromatic rings. The summed E-state index contributed by atoms with van der Waals surface area (Å²) in [5, 5.41) is 0. The summed E-state index contributed by atoms with van der Waals surface area (Å²) in [6.07, 6.45) is 4.63. The van der Waals surface area contributed by atoms with Crippen LogP contribution in [0.1, 0.15) is 32.6 Å². The molecule has 2 saturated heterocycles. The Kier molecular flexibility index (Phi) is 4.26. The Balaban J connectivity index is 1.92. The average molecular weight is 240 g/mol. The maximum atomic E-state index is 11.9. The molecule has 2 fully saturated rings. The Bertz CT molecular complexity index is 262. The van der Waals surface area contributed by atoms with Crippen molar-refractivity contribution in [2.45, 2.75) is 38.6 Å². The molecule has 2 aliphatic heterocycles. The smallest absolute Gasteiger partial charge is 0.410 e. The minimum absolute atomic E-state index is 0.103.